The summed E-state index contributed by atoms with van der Waals surface area (Å²) in [6.45, 7) is 9.88. The van der Waals surface area contributed by atoms with E-state index in [9.17, 15) is 4.39 Å². The normalized spacial score (nSPS) is 21.3. The van der Waals surface area contributed by atoms with Gasteiger partial charge in [0.15, 0.2) is 0 Å². The standard InChI is InChI=1S/C14H19BFNO2/c1-10-9-17-12(16)8-11(10)6-7-15-18-13(2,3)14(4,5)19-15/h6-9H,1-5H3/b7-6+. The smallest absolute Gasteiger partial charge is 0.400 e. The molecule has 0 spiro atoms. The molecule has 0 radical (unpaired) electrons. The topological polar surface area (TPSA) is 31.4 Å². The van der Waals surface area contributed by atoms with Crippen LogP contribution in [0.2, 0.25) is 0 Å². The molecule has 0 saturated carbocycles. The van der Waals surface area contributed by atoms with E-state index in [0.717, 1.165) is 11.1 Å². The third kappa shape index (κ3) is 2.87. The van der Waals surface area contributed by atoms with E-state index < -0.39 is 13.1 Å². The van der Waals surface area contributed by atoms with Crippen LogP contribution in [0.25, 0.3) is 6.08 Å². The predicted octanol–water partition coefficient (Wildman–Crippen LogP) is 3.17. The van der Waals surface area contributed by atoms with Crippen molar-refractivity contribution >= 4 is 13.2 Å². The van der Waals surface area contributed by atoms with Crippen LogP contribution in [-0.4, -0.2) is 23.3 Å². The molecule has 0 bridgehead atoms. The van der Waals surface area contributed by atoms with Crippen molar-refractivity contribution in [1.29, 1.82) is 0 Å². The monoisotopic (exact) mass is 263 g/mol. The summed E-state index contributed by atoms with van der Waals surface area (Å²) >= 11 is 0. The Morgan fingerprint density at radius 1 is 1.21 bits per heavy atom. The molecular formula is C14H19BFNO2. The van der Waals surface area contributed by atoms with Gasteiger partial charge in [0.05, 0.1) is 11.2 Å². The molecule has 3 nitrogen and oxygen atoms in total. The molecule has 0 atom stereocenters. The number of aryl methyl sites for hydroxylation is 1. The SMILES string of the molecule is Cc1cnc(F)cc1/C=C/B1OC(C)(C)C(C)(C)O1. The molecule has 0 amide bonds. The van der Waals surface area contributed by atoms with Gasteiger partial charge >= 0.3 is 7.12 Å². The van der Waals surface area contributed by atoms with Gasteiger partial charge in [0.2, 0.25) is 5.95 Å². The summed E-state index contributed by atoms with van der Waals surface area (Å²) in [5.74, 6) is 1.32. The van der Waals surface area contributed by atoms with Crippen molar-refractivity contribution < 1.29 is 13.7 Å². The van der Waals surface area contributed by atoms with Gasteiger partial charge in [-0.3, -0.25) is 0 Å². The maximum Gasteiger partial charge on any atom is 0.487 e. The van der Waals surface area contributed by atoms with Crippen molar-refractivity contribution in [2.75, 3.05) is 0 Å². The molecule has 0 N–H and O–H groups in total. The first-order valence-electron chi connectivity index (χ1n) is 6.37. The summed E-state index contributed by atoms with van der Waals surface area (Å²) in [5.41, 5.74) is 0.970. The lowest BCUT2D eigenvalue weighted by atomic mass is 9.89. The molecule has 1 aromatic rings. The first-order valence-corrected chi connectivity index (χ1v) is 6.37. The minimum atomic E-state index is -0.487. The molecule has 102 valence electrons. The molecule has 19 heavy (non-hydrogen) atoms. The van der Waals surface area contributed by atoms with Crippen molar-refractivity contribution in [3.8, 4) is 0 Å². The van der Waals surface area contributed by atoms with E-state index in [1.54, 1.807) is 5.98 Å². The zero-order chi connectivity index (χ0) is 14.3. The van der Waals surface area contributed by atoms with Crippen LogP contribution in [-0.2, 0) is 9.31 Å². The van der Waals surface area contributed by atoms with E-state index in [4.69, 9.17) is 9.31 Å². The van der Waals surface area contributed by atoms with Gasteiger partial charge in [-0.1, -0.05) is 12.1 Å². The molecule has 1 saturated heterocycles. The molecule has 2 heterocycles. The summed E-state index contributed by atoms with van der Waals surface area (Å²) < 4.78 is 24.8. The predicted molar refractivity (Wildman–Crippen MR) is 74.0 cm³/mol. The van der Waals surface area contributed by atoms with Gasteiger partial charge < -0.3 is 9.31 Å². The number of nitrogens with zero attached hydrogens (tertiary/aromatic N) is 1. The van der Waals surface area contributed by atoms with E-state index >= 15 is 0 Å². The Morgan fingerprint density at radius 3 is 2.37 bits per heavy atom. The molecular weight excluding hydrogens is 244 g/mol. The minimum absolute atomic E-state index is 0.361. The summed E-state index contributed by atoms with van der Waals surface area (Å²) in [6.07, 6.45) is 3.32. The summed E-state index contributed by atoms with van der Waals surface area (Å²) in [6, 6.07) is 1.40. The Bertz CT molecular complexity index is 498. The molecule has 0 aliphatic carbocycles. The maximum atomic E-state index is 13.1. The number of hydrogen-bond acceptors (Lipinski definition) is 3. The Kier molecular flexibility index (Phi) is 3.54. The molecule has 0 aromatic carbocycles. The van der Waals surface area contributed by atoms with Crippen LogP contribution in [0, 0.1) is 12.9 Å². The third-order valence-corrected chi connectivity index (χ3v) is 3.82. The second-order valence-corrected chi connectivity index (χ2v) is 5.85. The second-order valence-electron chi connectivity index (χ2n) is 5.85. The quantitative estimate of drug-likeness (QED) is 0.606. The Labute approximate surface area is 114 Å². The lowest BCUT2D eigenvalue weighted by Crippen LogP contribution is -2.41. The molecule has 1 aliphatic heterocycles. The van der Waals surface area contributed by atoms with Gasteiger partial charge in [-0.2, -0.15) is 4.39 Å². The van der Waals surface area contributed by atoms with Crippen molar-refractivity contribution in [1.82, 2.24) is 4.98 Å². The number of hydrogen-bond donors (Lipinski definition) is 0. The second kappa shape index (κ2) is 4.73. The minimum Gasteiger partial charge on any atom is -0.400 e. The van der Waals surface area contributed by atoms with E-state index in [-0.39, 0.29) is 11.2 Å². The van der Waals surface area contributed by atoms with Crippen LogP contribution in [0.5, 0.6) is 0 Å². The van der Waals surface area contributed by atoms with E-state index in [1.165, 1.54) is 12.3 Å². The van der Waals surface area contributed by atoms with Crippen LogP contribution in [0.4, 0.5) is 4.39 Å². The fourth-order valence-corrected chi connectivity index (χ4v) is 1.84. The fourth-order valence-electron chi connectivity index (χ4n) is 1.84. The highest BCUT2D eigenvalue weighted by Gasteiger charge is 2.49. The van der Waals surface area contributed by atoms with Crippen molar-refractivity contribution in [3.63, 3.8) is 0 Å². The average Bonchev–Trinajstić information content (AvgIpc) is 2.49. The van der Waals surface area contributed by atoms with E-state index in [0.29, 0.717) is 0 Å². The van der Waals surface area contributed by atoms with Crippen LogP contribution in [0.1, 0.15) is 38.8 Å². The van der Waals surface area contributed by atoms with Gasteiger partial charge in [0, 0.05) is 12.3 Å². The van der Waals surface area contributed by atoms with Crippen molar-refractivity contribution in [2.45, 2.75) is 45.8 Å². The maximum absolute atomic E-state index is 13.1. The Hall–Kier alpha value is -1.20. The number of halogens is 1. The zero-order valence-electron chi connectivity index (χ0n) is 12.0. The van der Waals surface area contributed by atoms with Crippen LogP contribution in [0.3, 0.4) is 0 Å². The Balaban J connectivity index is 2.15. The molecule has 2 rings (SSSR count). The van der Waals surface area contributed by atoms with Gasteiger partial charge in [-0.25, -0.2) is 4.98 Å². The highest BCUT2D eigenvalue weighted by Crippen LogP contribution is 2.37. The number of rotatable bonds is 2. The van der Waals surface area contributed by atoms with Crippen LogP contribution >= 0.6 is 0 Å². The first-order chi connectivity index (χ1) is 8.71. The molecule has 5 heteroatoms. The molecule has 0 unspecified atom stereocenters. The van der Waals surface area contributed by atoms with Crippen LogP contribution in [0.15, 0.2) is 18.2 Å². The van der Waals surface area contributed by atoms with Gasteiger partial charge in [-0.05, 0) is 45.7 Å². The van der Waals surface area contributed by atoms with E-state index in [1.807, 2.05) is 40.7 Å². The summed E-state index contributed by atoms with van der Waals surface area (Å²) in [7, 11) is -0.416. The number of aromatic nitrogens is 1. The molecule has 1 aromatic heterocycles. The molecule has 1 fully saturated rings. The van der Waals surface area contributed by atoms with E-state index in [2.05, 4.69) is 4.98 Å². The number of pyridine rings is 1. The van der Waals surface area contributed by atoms with Crippen molar-refractivity contribution in [3.05, 3.63) is 35.3 Å². The zero-order valence-corrected chi connectivity index (χ0v) is 12.0. The third-order valence-electron chi connectivity index (χ3n) is 3.82. The highest BCUT2D eigenvalue weighted by molar-refractivity contribution is 6.52. The Morgan fingerprint density at radius 2 is 1.79 bits per heavy atom. The van der Waals surface area contributed by atoms with Crippen molar-refractivity contribution in [2.24, 2.45) is 0 Å². The van der Waals surface area contributed by atoms with Gasteiger partial charge in [-0.15, -0.1) is 0 Å². The lowest BCUT2D eigenvalue weighted by Gasteiger charge is -2.32. The summed E-state index contributed by atoms with van der Waals surface area (Å²) in [5, 5.41) is 0. The highest BCUT2D eigenvalue weighted by atomic mass is 19.1. The molecule has 1 aliphatic rings. The van der Waals surface area contributed by atoms with Gasteiger partial charge in [0.25, 0.3) is 0 Å². The van der Waals surface area contributed by atoms with Gasteiger partial charge in [0.1, 0.15) is 0 Å². The summed E-state index contributed by atoms with van der Waals surface area (Å²) in [4.78, 5) is 3.60. The largest absolute Gasteiger partial charge is 0.487 e. The lowest BCUT2D eigenvalue weighted by molar-refractivity contribution is 0.00578. The average molecular weight is 263 g/mol. The van der Waals surface area contributed by atoms with Crippen LogP contribution < -0.4 is 0 Å². The first kappa shape index (κ1) is 14.2. The fraction of sp³-hybridized carbons (Fsp3) is 0.500.